The third-order valence-corrected chi connectivity index (χ3v) is 6.25. The monoisotopic (exact) mass is 384 g/mol. The third kappa shape index (κ3) is 3.64. The van der Waals surface area contributed by atoms with Gasteiger partial charge in [0.2, 0.25) is 5.91 Å². The zero-order valence-corrected chi connectivity index (χ0v) is 16.4. The molecule has 2 aliphatic rings. The van der Waals surface area contributed by atoms with Crippen molar-refractivity contribution in [3.05, 3.63) is 57.3 Å². The first-order valence-corrected chi connectivity index (χ1v) is 10.2. The van der Waals surface area contributed by atoms with Crippen LogP contribution in [0, 0.1) is 19.8 Å². The summed E-state index contributed by atoms with van der Waals surface area (Å²) >= 11 is 1.62. The maximum absolute atomic E-state index is 13.1. The van der Waals surface area contributed by atoms with Crippen LogP contribution in [0.5, 0.6) is 0 Å². The lowest BCUT2D eigenvalue weighted by Crippen LogP contribution is -2.37. The quantitative estimate of drug-likeness (QED) is 0.882. The van der Waals surface area contributed by atoms with E-state index in [4.69, 9.17) is 4.74 Å². The van der Waals surface area contributed by atoms with Crippen molar-refractivity contribution in [2.75, 3.05) is 13.2 Å². The van der Waals surface area contributed by atoms with Crippen LogP contribution in [-0.4, -0.2) is 42.0 Å². The second kappa shape index (κ2) is 7.44. The van der Waals surface area contributed by atoms with E-state index in [1.165, 1.54) is 0 Å². The molecular weight excluding hydrogens is 360 g/mol. The Morgan fingerprint density at radius 3 is 2.74 bits per heavy atom. The summed E-state index contributed by atoms with van der Waals surface area (Å²) in [4.78, 5) is 28.9. The van der Waals surface area contributed by atoms with Crippen LogP contribution in [-0.2, 0) is 16.1 Å². The van der Waals surface area contributed by atoms with Gasteiger partial charge in [-0.25, -0.2) is 0 Å². The van der Waals surface area contributed by atoms with Gasteiger partial charge in [0.1, 0.15) is 0 Å². The van der Waals surface area contributed by atoms with Gasteiger partial charge in [-0.1, -0.05) is 23.3 Å². The van der Waals surface area contributed by atoms with E-state index in [9.17, 15) is 9.59 Å². The minimum atomic E-state index is -0.313. The van der Waals surface area contributed by atoms with Crippen LogP contribution < -0.4 is 5.32 Å². The molecule has 4 rings (SSSR count). The number of benzene rings is 1. The second-order valence-corrected chi connectivity index (χ2v) is 8.46. The molecule has 0 unspecified atom stereocenters. The molecule has 0 radical (unpaired) electrons. The molecule has 3 atom stereocenters. The predicted octanol–water partition coefficient (Wildman–Crippen LogP) is 2.91. The number of fused-ring (bicyclic) bond motifs is 1. The summed E-state index contributed by atoms with van der Waals surface area (Å²) in [6.07, 6.45) is 0.582. The largest absolute Gasteiger partial charge is 0.375 e. The number of carbonyl (C=O) groups is 2. The summed E-state index contributed by atoms with van der Waals surface area (Å²) in [6.45, 7) is 5.53. The number of hydrogen-bond donors (Lipinski definition) is 1. The van der Waals surface area contributed by atoms with Gasteiger partial charge in [0.05, 0.1) is 24.6 Å². The van der Waals surface area contributed by atoms with Gasteiger partial charge < -0.3 is 15.0 Å². The first-order chi connectivity index (χ1) is 13.0. The molecule has 0 aliphatic carbocycles. The molecule has 1 N–H and O–H groups in total. The Morgan fingerprint density at radius 2 is 2.04 bits per heavy atom. The summed E-state index contributed by atoms with van der Waals surface area (Å²) in [5.41, 5.74) is 2.84. The number of rotatable bonds is 4. The molecule has 2 fully saturated rings. The molecule has 2 aromatic rings. The molecule has 27 heavy (non-hydrogen) atoms. The van der Waals surface area contributed by atoms with Gasteiger partial charge in [0, 0.05) is 23.6 Å². The average Bonchev–Trinajstić information content (AvgIpc) is 3.35. The first kappa shape index (κ1) is 18.2. The van der Waals surface area contributed by atoms with Crippen molar-refractivity contribution in [1.82, 2.24) is 10.2 Å². The van der Waals surface area contributed by atoms with Crippen molar-refractivity contribution in [2.45, 2.75) is 39.0 Å². The number of carbonyl (C=O) groups excluding carboxylic acids is 2. The standard InChI is InChI=1S/C21H24N2O3S/c1-13-8-14(2)10-15(9-13)21(25)23-12-17(19-18(23)5-6-26-19)20(24)22-11-16-4-3-7-27-16/h3-4,7-10,17-19H,5-6,11-12H2,1-2H3,(H,22,24)/t17-,18-,19-/m0/s1. The maximum atomic E-state index is 13.1. The predicted molar refractivity (Wildman–Crippen MR) is 105 cm³/mol. The maximum Gasteiger partial charge on any atom is 0.254 e. The minimum absolute atomic E-state index is 0.00384. The number of aryl methyl sites for hydroxylation is 2. The fraction of sp³-hybridized carbons (Fsp3) is 0.429. The lowest BCUT2D eigenvalue weighted by Gasteiger charge is -2.23. The highest BCUT2D eigenvalue weighted by Gasteiger charge is 2.50. The zero-order valence-electron chi connectivity index (χ0n) is 15.6. The molecule has 1 aromatic heterocycles. The molecule has 5 nitrogen and oxygen atoms in total. The van der Waals surface area contributed by atoms with Gasteiger partial charge >= 0.3 is 0 Å². The second-order valence-electron chi connectivity index (χ2n) is 7.43. The summed E-state index contributed by atoms with van der Waals surface area (Å²) in [7, 11) is 0. The van der Waals surface area contributed by atoms with Crippen LogP contribution >= 0.6 is 11.3 Å². The van der Waals surface area contributed by atoms with Gasteiger partial charge in [-0.3, -0.25) is 9.59 Å². The molecule has 0 saturated carbocycles. The van der Waals surface area contributed by atoms with Gasteiger partial charge in [-0.05, 0) is 43.8 Å². The molecule has 0 spiro atoms. The Kier molecular flexibility index (Phi) is 5.02. The molecule has 1 aromatic carbocycles. The number of nitrogens with one attached hydrogen (secondary N) is 1. The third-order valence-electron chi connectivity index (χ3n) is 5.38. The highest BCUT2D eigenvalue weighted by atomic mass is 32.1. The van der Waals surface area contributed by atoms with Crippen molar-refractivity contribution in [1.29, 1.82) is 0 Å². The molecular formula is C21H24N2O3S. The summed E-state index contributed by atoms with van der Waals surface area (Å²) < 4.78 is 5.86. The van der Waals surface area contributed by atoms with Crippen LogP contribution in [0.25, 0.3) is 0 Å². The van der Waals surface area contributed by atoms with E-state index in [-0.39, 0.29) is 29.9 Å². The normalized spacial score (nSPS) is 24.1. The molecule has 142 valence electrons. The summed E-state index contributed by atoms with van der Waals surface area (Å²) in [5, 5.41) is 5.01. The van der Waals surface area contributed by atoms with Gasteiger partial charge in [0.15, 0.2) is 0 Å². The zero-order chi connectivity index (χ0) is 19.0. The highest BCUT2D eigenvalue weighted by Crippen LogP contribution is 2.35. The number of nitrogens with zero attached hydrogens (tertiary/aromatic N) is 1. The van der Waals surface area contributed by atoms with E-state index < -0.39 is 0 Å². The van der Waals surface area contributed by atoms with Crippen molar-refractivity contribution in [2.24, 2.45) is 5.92 Å². The molecule has 3 heterocycles. The number of amides is 2. The first-order valence-electron chi connectivity index (χ1n) is 9.34. The lowest BCUT2D eigenvalue weighted by atomic mass is 10.0. The smallest absolute Gasteiger partial charge is 0.254 e. The Hall–Kier alpha value is -2.18. The average molecular weight is 385 g/mol. The fourth-order valence-electron chi connectivity index (χ4n) is 4.22. The molecule has 2 amide bonds. The van der Waals surface area contributed by atoms with Gasteiger partial charge in [-0.15, -0.1) is 11.3 Å². The Balaban J connectivity index is 1.49. The van der Waals surface area contributed by atoms with E-state index in [0.29, 0.717) is 25.3 Å². The van der Waals surface area contributed by atoms with Crippen molar-refractivity contribution in [3.8, 4) is 0 Å². The van der Waals surface area contributed by atoms with Crippen LogP contribution in [0.4, 0.5) is 0 Å². The van der Waals surface area contributed by atoms with Crippen LogP contribution in [0.2, 0.25) is 0 Å². The highest BCUT2D eigenvalue weighted by molar-refractivity contribution is 7.09. The topological polar surface area (TPSA) is 58.6 Å². The minimum Gasteiger partial charge on any atom is -0.375 e. The van der Waals surface area contributed by atoms with E-state index in [0.717, 1.165) is 22.4 Å². The van der Waals surface area contributed by atoms with Gasteiger partial charge in [-0.2, -0.15) is 0 Å². The van der Waals surface area contributed by atoms with E-state index in [2.05, 4.69) is 11.4 Å². The Morgan fingerprint density at radius 1 is 1.26 bits per heavy atom. The Labute approximate surface area is 163 Å². The Bertz CT molecular complexity index is 829. The molecule has 2 saturated heterocycles. The lowest BCUT2D eigenvalue weighted by molar-refractivity contribution is -0.127. The van der Waals surface area contributed by atoms with Crippen molar-refractivity contribution >= 4 is 23.2 Å². The molecule has 2 aliphatic heterocycles. The summed E-state index contributed by atoms with van der Waals surface area (Å²) in [6, 6.07) is 9.86. The van der Waals surface area contributed by atoms with Crippen molar-refractivity contribution in [3.63, 3.8) is 0 Å². The number of hydrogen-bond acceptors (Lipinski definition) is 4. The van der Waals surface area contributed by atoms with E-state index in [1.54, 1.807) is 11.3 Å². The SMILES string of the molecule is Cc1cc(C)cc(C(=O)N2C[C@H](C(=O)NCc3cccs3)[C@@H]3OCC[C@@H]32)c1. The van der Waals surface area contributed by atoms with E-state index in [1.807, 2.05) is 48.4 Å². The van der Waals surface area contributed by atoms with Crippen molar-refractivity contribution < 1.29 is 14.3 Å². The fourth-order valence-corrected chi connectivity index (χ4v) is 4.86. The van der Waals surface area contributed by atoms with Crippen LogP contribution in [0.1, 0.15) is 32.8 Å². The number of thiophene rings is 1. The molecule has 6 heteroatoms. The molecule has 0 bridgehead atoms. The number of ether oxygens (including phenoxy) is 1. The van der Waals surface area contributed by atoms with Crippen LogP contribution in [0.15, 0.2) is 35.7 Å². The van der Waals surface area contributed by atoms with Crippen LogP contribution in [0.3, 0.4) is 0 Å². The number of likely N-dealkylation sites (tertiary alicyclic amines) is 1. The van der Waals surface area contributed by atoms with E-state index >= 15 is 0 Å². The van der Waals surface area contributed by atoms with Gasteiger partial charge in [0.25, 0.3) is 5.91 Å². The summed E-state index contributed by atoms with van der Waals surface area (Å²) in [5.74, 6) is -0.348.